The van der Waals surface area contributed by atoms with Crippen LogP contribution in [0.1, 0.15) is 30.4 Å². The third kappa shape index (κ3) is 3.82. The molecule has 3 heteroatoms. The molecule has 1 amide bonds. The molecule has 1 heterocycles. The number of amides is 1. The minimum absolute atomic E-state index is 0.140. The van der Waals surface area contributed by atoms with E-state index in [2.05, 4.69) is 37.3 Å². The molecule has 0 bridgehead atoms. The average molecular weight is 256 g/mol. The minimum Gasteiger partial charge on any atom is -0.343 e. The molecule has 19 heavy (non-hydrogen) atoms. The molecule has 0 radical (unpaired) electrons. The zero-order valence-corrected chi connectivity index (χ0v) is 11.4. The number of hydrogen-bond acceptors (Lipinski definition) is 2. The van der Waals surface area contributed by atoms with Gasteiger partial charge in [-0.3, -0.25) is 4.79 Å². The second-order valence-corrected chi connectivity index (χ2v) is 5.27. The summed E-state index contributed by atoms with van der Waals surface area (Å²) in [6.45, 7) is 3.55. The van der Waals surface area contributed by atoms with E-state index in [0.717, 1.165) is 32.4 Å². The first-order valence-corrected chi connectivity index (χ1v) is 6.92. The molecule has 0 saturated carbocycles. The van der Waals surface area contributed by atoms with E-state index < -0.39 is 0 Å². The molecule has 1 aromatic rings. The SMILES string of the molecule is Cc1ccc(CCC(=O)N2CCC(C#N)CC2)cc1. The van der Waals surface area contributed by atoms with Gasteiger partial charge in [0.25, 0.3) is 0 Å². The zero-order valence-electron chi connectivity index (χ0n) is 11.4. The summed E-state index contributed by atoms with van der Waals surface area (Å²) in [4.78, 5) is 14.0. The summed E-state index contributed by atoms with van der Waals surface area (Å²) in [7, 11) is 0. The molecule has 0 atom stereocenters. The van der Waals surface area contributed by atoms with E-state index in [4.69, 9.17) is 5.26 Å². The Morgan fingerprint density at radius 2 is 1.95 bits per heavy atom. The Hall–Kier alpha value is -1.82. The molecule has 0 aromatic heterocycles. The number of carbonyl (C=O) groups excluding carboxylic acids is 1. The summed E-state index contributed by atoms with van der Waals surface area (Å²) < 4.78 is 0. The first kappa shape index (κ1) is 13.6. The quantitative estimate of drug-likeness (QED) is 0.834. The van der Waals surface area contributed by atoms with Crippen molar-refractivity contribution in [1.82, 2.24) is 4.90 Å². The van der Waals surface area contributed by atoms with Gasteiger partial charge in [-0.15, -0.1) is 0 Å². The predicted molar refractivity (Wildman–Crippen MR) is 74.4 cm³/mol. The minimum atomic E-state index is 0.140. The van der Waals surface area contributed by atoms with Crippen molar-refractivity contribution in [2.24, 2.45) is 5.92 Å². The number of nitriles is 1. The lowest BCUT2D eigenvalue weighted by Gasteiger charge is -2.29. The van der Waals surface area contributed by atoms with Gasteiger partial charge < -0.3 is 4.90 Å². The van der Waals surface area contributed by atoms with Gasteiger partial charge in [-0.25, -0.2) is 0 Å². The van der Waals surface area contributed by atoms with Crippen molar-refractivity contribution in [3.8, 4) is 6.07 Å². The molecule has 1 saturated heterocycles. The summed E-state index contributed by atoms with van der Waals surface area (Å²) >= 11 is 0. The normalized spacial score (nSPS) is 16.1. The lowest BCUT2D eigenvalue weighted by molar-refractivity contribution is -0.132. The van der Waals surface area contributed by atoms with Crippen molar-refractivity contribution in [2.75, 3.05) is 13.1 Å². The molecular formula is C16H20N2O. The molecular weight excluding hydrogens is 236 g/mol. The van der Waals surface area contributed by atoms with E-state index in [1.807, 2.05) is 4.90 Å². The number of carbonyl (C=O) groups is 1. The van der Waals surface area contributed by atoms with Crippen molar-refractivity contribution in [3.05, 3.63) is 35.4 Å². The maximum atomic E-state index is 12.1. The van der Waals surface area contributed by atoms with Crippen LogP contribution >= 0.6 is 0 Å². The van der Waals surface area contributed by atoms with Crippen molar-refractivity contribution in [3.63, 3.8) is 0 Å². The van der Waals surface area contributed by atoms with Crippen LogP contribution in [0.15, 0.2) is 24.3 Å². The fraction of sp³-hybridized carbons (Fsp3) is 0.500. The standard InChI is InChI=1S/C16H20N2O/c1-13-2-4-14(5-3-13)6-7-16(19)18-10-8-15(12-17)9-11-18/h2-5,15H,6-11H2,1H3. The third-order valence-corrected chi connectivity index (χ3v) is 3.78. The Balaban J connectivity index is 1.79. The van der Waals surface area contributed by atoms with Crippen molar-refractivity contribution in [2.45, 2.75) is 32.6 Å². The lowest BCUT2D eigenvalue weighted by atomic mass is 9.98. The number of benzene rings is 1. The third-order valence-electron chi connectivity index (χ3n) is 3.78. The van der Waals surface area contributed by atoms with E-state index in [0.29, 0.717) is 6.42 Å². The van der Waals surface area contributed by atoms with E-state index >= 15 is 0 Å². The first-order valence-electron chi connectivity index (χ1n) is 6.92. The van der Waals surface area contributed by atoms with E-state index in [1.54, 1.807) is 0 Å². The van der Waals surface area contributed by atoms with Gasteiger partial charge in [0.1, 0.15) is 0 Å². The van der Waals surface area contributed by atoms with Gasteiger partial charge in [-0.1, -0.05) is 29.8 Å². The Kier molecular flexibility index (Phi) is 4.57. The summed E-state index contributed by atoms with van der Waals surface area (Å²) in [6, 6.07) is 10.6. The van der Waals surface area contributed by atoms with Crippen LogP contribution in [0.5, 0.6) is 0 Å². The largest absolute Gasteiger partial charge is 0.343 e. The summed E-state index contributed by atoms with van der Waals surface area (Å²) in [5, 5.41) is 8.84. The molecule has 1 fully saturated rings. The van der Waals surface area contributed by atoms with Crippen LogP contribution in [0.25, 0.3) is 0 Å². The molecule has 1 aromatic carbocycles. The molecule has 3 nitrogen and oxygen atoms in total. The number of aryl methyl sites for hydroxylation is 2. The molecule has 0 spiro atoms. The fourth-order valence-corrected chi connectivity index (χ4v) is 2.42. The van der Waals surface area contributed by atoms with Crippen LogP contribution in [0.3, 0.4) is 0 Å². The van der Waals surface area contributed by atoms with Gasteiger partial charge in [0.2, 0.25) is 5.91 Å². The highest BCUT2D eigenvalue weighted by molar-refractivity contribution is 5.76. The van der Waals surface area contributed by atoms with Crippen LogP contribution in [0.4, 0.5) is 0 Å². The second kappa shape index (κ2) is 6.38. The number of likely N-dealkylation sites (tertiary alicyclic amines) is 1. The molecule has 1 aliphatic heterocycles. The Morgan fingerprint density at radius 1 is 1.32 bits per heavy atom. The van der Waals surface area contributed by atoms with Gasteiger partial charge >= 0.3 is 0 Å². The molecule has 100 valence electrons. The predicted octanol–water partition coefficient (Wildman–Crippen LogP) is 2.69. The van der Waals surface area contributed by atoms with Gasteiger partial charge in [-0.05, 0) is 31.7 Å². The summed E-state index contributed by atoms with van der Waals surface area (Å²) in [5.41, 5.74) is 2.46. The molecule has 1 aliphatic rings. The first-order chi connectivity index (χ1) is 9.19. The van der Waals surface area contributed by atoms with Crippen LogP contribution in [-0.4, -0.2) is 23.9 Å². The maximum absolute atomic E-state index is 12.1. The molecule has 0 aliphatic carbocycles. The average Bonchev–Trinajstić information content (AvgIpc) is 2.46. The van der Waals surface area contributed by atoms with Crippen molar-refractivity contribution < 1.29 is 4.79 Å². The molecule has 0 N–H and O–H groups in total. The number of rotatable bonds is 3. The Bertz CT molecular complexity index is 465. The molecule has 0 unspecified atom stereocenters. The van der Waals surface area contributed by atoms with Crippen LogP contribution in [-0.2, 0) is 11.2 Å². The summed E-state index contributed by atoms with van der Waals surface area (Å²) in [5.74, 6) is 0.359. The topological polar surface area (TPSA) is 44.1 Å². The van der Waals surface area contributed by atoms with Gasteiger partial charge in [-0.2, -0.15) is 5.26 Å². The smallest absolute Gasteiger partial charge is 0.222 e. The highest BCUT2D eigenvalue weighted by atomic mass is 16.2. The highest BCUT2D eigenvalue weighted by Gasteiger charge is 2.21. The Morgan fingerprint density at radius 3 is 2.53 bits per heavy atom. The number of nitrogens with zero attached hydrogens (tertiary/aromatic N) is 2. The van der Waals surface area contributed by atoms with Crippen LogP contribution in [0, 0.1) is 24.2 Å². The highest BCUT2D eigenvalue weighted by Crippen LogP contribution is 2.17. The van der Waals surface area contributed by atoms with Crippen molar-refractivity contribution in [1.29, 1.82) is 5.26 Å². The monoisotopic (exact) mass is 256 g/mol. The number of hydrogen-bond donors (Lipinski definition) is 0. The van der Waals surface area contributed by atoms with Crippen molar-refractivity contribution >= 4 is 5.91 Å². The fourth-order valence-electron chi connectivity index (χ4n) is 2.42. The number of piperidine rings is 1. The maximum Gasteiger partial charge on any atom is 0.222 e. The van der Waals surface area contributed by atoms with E-state index in [1.165, 1.54) is 11.1 Å². The van der Waals surface area contributed by atoms with Gasteiger partial charge in [0.05, 0.1) is 6.07 Å². The van der Waals surface area contributed by atoms with Gasteiger partial charge in [0.15, 0.2) is 0 Å². The zero-order chi connectivity index (χ0) is 13.7. The lowest BCUT2D eigenvalue weighted by Crippen LogP contribution is -2.38. The Labute approximate surface area is 114 Å². The van der Waals surface area contributed by atoms with E-state index in [9.17, 15) is 4.79 Å². The second-order valence-electron chi connectivity index (χ2n) is 5.27. The molecule has 2 rings (SSSR count). The van der Waals surface area contributed by atoms with Crippen LogP contribution in [0.2, 0.25) is 0 Å². The van der Waals surface area contributed by atoms with Crippen LogP contribution < -0.4 is 0 Å². The van der Waals surface area contributed by atoms with E-state index in [-0.39, 0.29) is 11.8 Å². The van der Waals surface area contributed by atoms with Gasteiger partial charge in [0, 0.05) is 25.4 Å². The summed E-state index contributed by atoms with van der Waals surface area (Å²) in [6.07, 6.45) is 3.02.